The minimum Gasteiger partial charge on any atom is -0.326 e. The van der Waals surface area contributed by atoms with Crippen LogP contribution in [0.15, 0.2) is 102 Å². The Morgan fingerprint density at radius 1 is 0.979 bits per heavy atom. The molecule has 5 aromatic rings. The van der Waals surface area contributed by atoms with Gasteiger partial charge in [-0.3, -0.25) is 15.0 Å². The Hall–Kier alpha value is -4.48. The summed E-state index contributed by atoms with van der Waals surface area (Å²) in [6, 6.07) is 13.2. The van der Waals surface area contributed by atoms with Gasteiger partial charge in [0, 0.05) is 71.0 Å². The minimum absolute atomic E-state index is 0.0802. The van der Waals surface area contributed by atoms with Crippen LogP contribution in [0.5, 0.6) is 0 Å². The Balaban J connectivity index is 1.28. The molecule has 0 amide bonds. The quantitative estimate of drug-likeness (QED) is 0.195. The topological polar surface area (TPSA) is 130 Å². The molecule has 1 saturated heterocycles. The number of aromatic nitrogens is 5. The van der Waals surface area contributed by atoms with E-state index in [1.165, 1.54) is 29.5 Å². The number of nitrogens with zero attached hydrogens (tertiary/aromatic N) is 7. The third-order valence-corrected chi connectivity index (χ3v) is 10.1. The van der Waals surface area contributed by atoms with Gasteiger partial charge in [0.2, 0.25) is 0 Å². The Kier molecular flexibility index (Phi) is 8.82. The molecular formula is C31H25ClF3N9O2S2. The summed E-state index contributed by atoms with van der Waals surface area (Å²) in [7, 11) is -4.20. The lowest BCUT2D eigenvalue weighted by Crippen LogP contribution is -2.46. The molecular weight excluding hydrogens is 687 g/mol. The van der Waals surface area contributed by atoms with Gasteiger partial charge < -0.3 is 4.90 Å². The van der Waals surface area contributed by atoms with E-state index in [-0.39, 0.29) is 23.7 Å². The van der Waals surface area contributed by atoms with Gasteiger partial charge in [0.15, 0.2) is 10.8 Å². The SMILES string of the molecule is O=S(=O)(NC(c1ccccn1)c1ccccn1)N[C@H]1CC2=C(c3ccn(C(F)F)n3)[C@H](c3ccc(F)cc3Cl)N=C(c3nccs3)N2C1. The molecule has 7 rings (SSSR count). The van der Waals surface area contributed by atoms with Crippen molar-refractivity contribution < 1.29 is 21.6 Å². The van der Waals surface area contributed by atoms with E-state index in [1.807, 2.05) is 4.90 Å². The van der Waals surface area contributed by atoms with Crippen LogP contribution in [-0.4, -0.2) is 56.5 Å². The molecule has 11 nitrogen and oxygen atoms in total. The average molecular weight is 712 g/mol. The van der Waals surface area contributed by atoms with Crippen molar-refractivity contribution in [3.63, 3.8) is 0 Å². The fourth-order valence-corrected chi connectivity index (χ4v) is 7.93. The maximum Gasteiger partial charge on any atom is 0.333 e. The number of hydrogen-bond donors (Lipinski definition) is 2. The largest absolute Gasteiger partial charge is 0.333 e. The zero-order chi connectivity index (χ0) is 33.4. The van der Waals surface area contributed by atoms with Crippen molar-refractivity contribution in [1.82, 2.24) is 39.1 Å². The molecule has 0 unspecified atom stereocenters. The molecule has 0 aliphatic carbocycles. The van der Waals surface area contributed by atoms with Crippen molar-refractivity contribution in [3.8, 4) is 0 Å². The maximum atomic E-state index is 14.1. The Morgan fingerprint density at radius 3 is 2.33 bits per heavy atom. The van der Waals surface area contributed by atoms with Crippen LogP contribution >= 0.6 is 22.9 Å². The molecule has 2 aliphatic heterocycles. The number of hydrogen-bond acceptors (Lipinski definition) is 9. The lowest BCUT2D eigenvalue weighted by Gasteiger charge is -2.32. The second-order valence-electron chi connectivity index (χ2n) is 10.9. The van der Waals surface area contributed by atoms with Crippen LogP contribution < -0.4 is 9.44 Å². The predicted octanol–water partition coefficient (Wildman–Crippen LogP) is 5.52. The molecule has 0 radical (unpaired) electrons. The Labute approximate surface area is 282 Å². The van der Waals surface area contributed by atoms with E-state index in [4.69, 9.17) is 16.6 Å². The van der Waals surface area contributed by atoms with E-state index in [0.29, 0.717) is 43.7 Å². The first-order chi connectivity index (χ1) is 23.2. The number of aliphatic imine (C=N–C) groups is 1. The molecule has 246 valence electrons. The van der Waals surface area contributed by atoms with Crippen LogP contribution in [0.2, 0.25) is 5.02 Å². The molecule has 1 fully saturated rings. The number of amidine groups is 1. The number of benzene rings is 1. The number of halogens is 4. The highest BCUT2D eigenvalue weighted by atomic mass is 35.5. The summed E-state index contributed by atoms with van der Waals surface area (Å²) >= 11 is 7.86. The average Bonchev–Trinajstić information content (AvgIpc) is 3.86. The molecule has 2 N–H and O–H groups in total. The zero-order valence-corrected chi connectivity index (χ0v) is 27.0. The van der Waals surface area contributed by atoms with Gasteiger partial charge in [-0.15, -0.1) is 11.3 Å². The molecule has 17 heteroatoms. The molecule has 1 aromatic carbocycles. The second kappa shape index (κ2) is 13.2. The molecule has 4 aromatic heterocycles. The number of fused-ring (bicyclic) bond motifs is 1. The van der Waals surface area contributed by atoms with E-state index in [1.54, 1.807) is 60.4 Å². The van der Waals surface area contributed by atoms with E-state index in [9.17, 15) is 21.6 Å². The normalized spacial score (nSPS) is 18.1. The standard InChI is InChI=1S/C31H25ClF3N9O2S2/c32-21-15-18(33)7-8-20(21)27-26(22-9-13-44(40-22)31(34)35)25-16-19(17-43(25)29(39-27)30-38-12-14-47-30)41-48(45,46)42-28(23-5-1-3-10-36-23)24-6-2-4-11-37-24/h1-15,19,27-28,31,41-42H,16-17H2/t19-,27-/m0/s1. The highest BCUT2D eigenvalue weighted by molar-refractivity contribution is 7.87. The maximum absolute atomic E-state index is 14.1. The number of rotatable bonds is 10. The first-order valence-corrected chi connectivity index (χ1v) is 17.3. The van der Waals surface area contributed by atoms with Gasteiger partial charge in [-0.05, 0) is 42.5 Å². The van der Waals surface area contributed by atoms with Gasteiger partial charge in [-0.2, -0.15) is 31.7 Å². The van der Waals surface area contributed by atoms with Gasteiger partial charge in [-0.25, -0.2) is 14.1 Å². The van der Waals surface area contributed by atoms with Crippen molar-refractivity contribution in [2.24, 2.45) is 4.99 Å². The highest BCUT2D eigenvalue weighted by Gasteiger charge is 2.42. The fourth-order valence-electron chi connectivity index (χ4n) is 5.81. The number of alkyl halides is 2. The van der Waals surface area contributed by atoms with Crippen LogP contribution in [0.3, 0.4) is 0 Å². The zero-order valence-electron chi connectivity index (χ0n) is 24.7. The minimum atomic E-state index is -4.20. The van der Waals surface area contributed by atoms with E-state index < -0.39 is 40.7 Å². The highest BCUT2D eigenvalue weighted by Crippen LogP contribution is 2.46. The van der Waals surface area contributed by atoms with Gasteiger partial charge in [-0.1, -0.05) is 29.8 Å². The third kappa shape index (κ3) is 6.49. The summed E-state index contributed by atoms with van der Waals surface area (Å²) < 4.78 is 74.9. The lowest BCUT2D eigenvalue weighted by atomic mass is 9.92. The van der Waals surface area contributed by atoms with Crippen molar-refractivity contribution in [1.29, 1.82) is 0 Å². The first kappa shape index (κ1) is 32.1. The Bertz CT molecular complexity index is 2060. The van der Waals surface area contributed by atoms with Crippen LogP contribution in [-0.2, 0) is 10.2 Å². The van der Waals surface area contributed by atoms with Gasteiger partial charge in [0.05, 0.1) is 17.1 Å². The smallest absolute Gasteiger partial charge is 0.326 e. The molecule has 0 spiro atoms. The van der Waals surface area contributed by atoms with Crippen LogP contribution in [0.25, 0.3) is 5.57 Å². The summed E-state index contributed by atoms with van der Waals surface area (Å²) in [6.45, 7) is -2.76. The van der Waals surface area contributed by atoms with E-state index in [2.05, 4.69) is 29.5 Å². The molecule has 0 saturated carbocycles. The van der Waals surface area contributed by atoms with Crippen molar-refractivity contribution in [2.45, 2.75) is 31.1 Å². The van der Waals surface area contributed by atoms with Gasteiger partial charge in [0.1, 0.15) is 17.9 Å². The van der Waals surface area contributed by atoms with E-state index >= 15 is 0 Å². The van der Waals surface area contributed by atoms with Gasteiger partial charge >= 0.3 is 6.55 Å². The predicted molar refractivity (Wildman–Crippen MR) is 174 cm³/mol. The summed E-state index contributed by atoms with van der Waals surface area (Å²) in [5, 5.41) is 6.52. The molecule has 48 heavy (non-hydrogen) atoms. The van der Waals surface area contributed by atoms with Crippen LogP contribution in [0, 0.1) is 5.82 Å². The molecule has 2 aliphatic rings. The van der Waals surface area contributed by atoms with Crippen LogP contribution in [0.4, 0.5) is 13.2 Å². The second-order valence-corrected chi connectivity index (χ2v) is 13.7. The first-order valence-electron chi connectivity index (χ1n) is 14.5. The summed E-state index contributed by atoms with van der Waals surface area (Å²) in [5.41, 5.74) is 2.51. The number of thiazole rings is 1. The Morgan fingerprint density at radius 2 is 1.73 bits per heavy atom. The number of nitrogens with one attached hydrogen (secondary N) is 2. The van der Waals surface area contributed by atoms with E-state index in [0.717, 1.165) is 12.3 Å². The monoisotopic (exact) mass is 711 g/mol. The van der Waals surface area contributed by atoms with Crippen LogP contribution in [0.1, 0.15) is 52.7 Å². The molecule has 2 atom stereocenters. The summed E-state index contributed by atoms with van der Waals surface area (Å²) in [6.07, 6.45) is 6.02. The third-order valence-electron chi connectivity index (χ3n) is 7.79. The van der Waals surface area contributed by atoms with Crippen molar-refractivity contribution in [2.75, 3.05) is 6.54 Å². The van der Waals surface area contributed by atoms with Crippen molar-refractivity contribution >= 4 is 44.6 Å². The van der Waals surface area contributed by atoms with Crippen molar-refractivity contribution in [3.05, 3.63) is 135 Å². The fraction of sp³-hybridized carbons (Fsp3) is 0.194. The summed E-state index contributed by atoms with van der Waals surface area (Å²) in [4.78, 5) is 19.9. The molecule has 6 heterocycles. The summed E-state index contributed by atoms with van der Waals surface area (Å²) in [5.74, 6) is -0.129. The van der Waals surface area contributed by atoms with Gasteiger partial charge in [0.25, 0.3) is 10.2 Å². The lowest BCUT2D eigenvalue weighted by molar-refractivity contribution is 0.0564. The molecule has 0 bridgehead atoms. The number of pyridine rings is 2.